The van der Waals surface area contributed by atoms with E-state index in [1.807, 2.05) is 24.3 Å². The predicted molar refractivity (Wildman–Crippen MR) is 136 cm³/mol. The van der Waals surface area contributed by atoms with Crippen molar-refractivity contribution in [2.75, 3.05) is 0 Å². The highest BCUT2D eigenvalue weighted by molar-refractivity contribution is 5.70. The van der Waals surface area contributed by atoms with Crippen LogP contribution in [0, 0.1) is 0 Å². The Kier molecular flexibility index (Phi) is 6.79. The van der Waals surface area contributed by atoms with Crippen LogP contribution in [-0.2, 0) is 19.4 Å². The molecule has 0 atom stereocenters. The van der Waals surface area contributed by atoms with Gasteiger partial charge in [-0.1, -0.05) is 62.7 Å². The van der Waals surface area contributed by atoms with E-state index in [1.165, 1.54) is 5.56 Å². The zero-order valence-electron chi connectivity index (χ0n) is 20.2. The molecule has 0 bridgehead atoms. The number of tetrazole rings is 1. The van der Waals surface area contributed by atoms with Crippen molar-refractivity contribution in [2.24, 2.45) is 0 Å². The van der Waals surface area contributed by atoms with E-state index >= 15 is 0 Å². The number of nitrogens with one attached hydrogen (secondary N) is 1. The largest absolute Gasteiger partial charge is 0.306 e. The Morgan fingerprint density at radius 3 is 2.34 bits per heavy atom. The third-order valence-electron chi connectivity index (χ3n) is 6.09. The molecule has 3 aromatic heterocycles. The van der Waals surface area contributed by atoms with E-state index in [2.05, 4.69) is 86.2 Å². The molecular formula is C27H30N8. The lowest BCUT2D eigenvalue weighted by Gasteiger charge is -2.14. The molecule has 2 aromatic carbocycles. The zero-order valence-corrected chi connectivity index (χ0v) is 20.2. The molecule has 5 aromatic rings. The van der Waals surface area contributed by atoms with E-state index in [-0.39, 0.29) is 0 Å². The number of rotatable bonds is 10. The van der Waals surface area contributed by atoms with Crippen molar-refractivity contribution in [1.82, 2.24) is 40.0 Å². The zero-order chi connectivity index (χ0) is 24.0. The van der Waals surface area contributed by atoms with Gasteiger partial charge in [0.2, 0.25) is 0 Å². The van der Waals surface area contributed by atoms with Crippen molar-refractivity contribution in [3.63, 3.8) is 0 Å². The molecule has 0 radical (unpaired) electrons. The van der Waals surface area contributed by atoms with Gasteiger partial charge >= 0.3 is 0 Å². The second-order valence-corrected chi connectivity index (χ2v) is 8.68. The summed E-state index contributed by atoms with van der Waals surface area (Å²) >= 11 is 0. The van der Waals surface area contributed by atoms with E-state index in [1.54, 1.807) is 0 Å². The molecular weight excluding hydrogens is 436 g/mol. The topological polar surface area (TPSA) is 90.1 Å². The first-order chi connectivity index (χ1) is 17.3. The van der Waals surface area contributed by atoms with Crippen LogP contribution < -0.4 is 0 Å². The van der Waals surface area contributed by atoms with Gasteiger partial charge in [0.1, 0.15) is 5.82 Å². The van der Waals surface area contributed by atoms with Crippen LogP contribution in [0.25, 0.3) is 28.5 Å². The Balaban J connectivity index is 1.47. The van der Waals surface area contributed by atoms with Crippen molar-refractivity contribution in [2.45, 2.75) is 52.5 Å². The monoisotopic (exact) mass is 466 g/mol. The molecule has 5 rings (SSSR count). The van der Waals surface area contributed by atoms with Crippen molar-refractivity contribution in [1.29, 1.82) is 0 Å². The van der Waals surface area contributed by atoms with Crippen molar-refractivity contribution < 1.29 is 0 Å². The molecule has 178 valence electrons. The first kappa shape index (κ1) is 22.7. The molecule has 0 unspecified atom stereocenters. The van der Waals surface area contributed by atoms with Crippen LogP contribution in [0.15, 0.2) is 66.7 Å². The van der Waals surface area contributed by atoms with Crippen LogP contribution >= 0.6 is 0 Å². The summed E-state index contributed by atoms with van der Waals surface area (Å²) < 4.78 is 4.26. The van der Waals surface area contributed by atoms with Crippen LogP contribution in [0.3, 0.4) is 0 Å². The average molecular weight is 467 g/mol. The average Bonchev–Trinajstić information content (AvgIpc) is 3.64. The summed E-state index contributed by atoms with van der Waals surface area (Å²) in [6.07, 6.45) is 5.20. The fraction of sp³-hybridized carbons (Fsp3) is 0.296. The third-order valence-corrected chi connectivity index (χ3v) is 6.09. The van der Waals surface area contributed by atoms with Gasteiger partial charge in [-0.2, -0.15) is 5.10 Å². The maximum Gasteiger partial charge on any atom is 0.196 e. The van der Waals surface area contributed by atoms with Gasteiger partial charge in [0.15, 0.2) is 11.6 Å². The minimum atomic E-state index is 0.628. The number of hydrogen-bond acceptors (Lipinski definition) is 5. The molecule has 0 fully saturated rings. The number of benzene rings is 2. The highest BCUT2D eigenvalue weighted by Gasteiger charge is 2.16. The first-order valence-corrected chi connectivity index (χ1v) is 12.3. The Bertz CT molecular complexity index is 1350. The highest BCUT2D eigenvalue weighted by Crippen LogP contribution is 2.30. The number of H-pyrrole nitrogens is 1. The second kappa shape index (κ2) is 10.5. The van der Waals surface area contributed by atoms with Crippen molar-refractivity contribution >= 4 is 0 Å². The van der Waals surface area contributed by atoms with Gasteiger partial charge < -0.3 is 4.57 Å². The molecule has 0 amide bonds. The smallest absolute Gasteiger partial charge is 0.196 e. The standard InChI is InChI=1S/C27H30N8/c1-3-5-12-26-28-25(9-4-2)31-34(26)19-20-13-15-22(16-14-20)35-23(21-10-7-6-8-11-21)17-18-24(35)27-29-32-33-30-27/h6-8,10-11,13-18H,3-5,9,12,19H2,1-2H3,(H,29,30,32,33). The lowest BCUT2D eigenvalue weighted by Crippen LogP contribution is -2.08. The summed E-state index contributed by atoms with van der Waals surface area (Å²) in [5, 5.41) is 19.4. The molecule has 0 saturated heterocycles. The quantitative estimate of drug-likeness (QED) is 0.303. The molecule has 8 heteroatoms. The van der Waals surface area contributed by atoms with Crippen LogP contribution in [0.2, 0.25) is 0 Å². The molecule has 3 heterocycles. The molecule has 8 nitrogen and oxygen atoms in total. The van der Waals surface area contributed by atoms with Gasteiger partial charge in [-0.05, 0) is 58.7 Å². The molecule has 1 N–H and O–H groups in total. The SMILES string of the molecule is CCCCc1nc(CCC)nn1Cc1ccc(-n2c(-c3ccccc3)ccc2-c2nnn[nH]2)cc1. The van der Waals surface area contributed by atoms with Gasteiger partial charge in [-0.15, -0.1) is 5.10 Å². The van der Waals surface area contributed by atoms with Gasteiger partial charge in [-0.25, -0.2) is 14.8 Å². The van der Waals surface area contributed by atoms with E-state index in [4.69, 9.17) is 10.1 Å². The van der Waals surface area contributed by atoms with E-state index < -0.39 is 0 Å². The van der Waals surface area contributed by atoms with Crippen LogP contribution in [-0.4, -0.2) is 40.0 Å². The Labute approximate surface area is 205 Å². The molecule has 35 heavy (non-hydrogen) atoms. The van der Waals surface area contributed by atoms with Crippen molar-refractivity contribution in [3.8, 4) is 28.5 Å². The highest BCUT2D eigenvalue weighted by atomic mass is 15.5. The Morgan fingerprint density at radius 1 is 0.829 bits per heavy atom. The van der Waals surface area contributed by atoms with Gasteiger partial charge in [0.05, 0.1) is 17.9 Å². The summed E-state index contributed by atoms with van der Waals surface area (Å²) in [4.78, 5) is 4.80. The number of nitrogens with zero attached hydrogens (tertiary/aromatic N) is 7. The van der Waals surface area contributed by atoms with Crippen LogP contribution in [0.5, 0.6) is 0 Å². The Morgan fingerprint density at radius 2 is 1.63 bits per heavy atom. The maximum atomic E-state index is 4.80. The predicted octanol–water partition coefficient (Wildman–Crippen LogP) is 5.26. The number of unbranched alkanes of at least 4 members (excludes halogenated alkanes) is 1. The fourth-order valence-corrected chi connectivity index (χ4v) is 4.33. The summed E-state index contributed by atoms with van der Waals surface area (Å²) in [5.74, 6) is 2.65. The van der Waals surface area contributed by atoms with Crippen molar-refractivity contribution in [3.05, 3.63) is 83.9 Å². The molecule has 0 aliphatic rings. The summed E-state index contributed by atoms with van der Waals surface area (Å²) in [6.45, 7) is 5.09. The maximum absolute atomic E-state index is 4.80. The fourth-order valence-electron chi connectivity index (χ4n) is 4.33. The van der Waals surface area contributed by atoms with Gasteiger partial charge in [0.25, 0.3) is 0 Å². The molecule has 0 spiro atoms. The van der Waals surface area contributed by atoms with E-state index in [0.717, 1.165) is 66.4 Å². The summed E-state index contributed by atoms with van der Waals surface area (Å²) in [7, 11) is 0. The minimum Gasteiger partial charge on any atom is -0.306 e. The van der Waals surface area contributed by atoms with Gasteiger partial charge in [0, 0.05) is 18.5 Å². The number of aromatic nitrogens is 8. The summed E-state index contributed by atoms with van der Waals surface area (Å²) in [5.41, 5.74) is 5.34. The number of aromatic amines is 1. The molecule has 0 aliphatic carbocycles. The second-order valence-electron chi connectivity index (χ2n) is 8.68. The van der Waals surface area contributed by atoms with Gasteiger partial charge in [-0.3, -0.25) is 0 Å². The number of hydrogen-bond donors (Lipinski definition) is 1. The normalized spacial score (nSPS) is 11.3. The van der Waals surface area contributed by atoms with Crippen LogP contribution in [0.4, 0.5) is 0 Å². The molecule has 0 saturated carbocycles. The lowest BCUT2D eigenvalue weighted by atomic mass is 10.1. The van der Waals surface area contributed by atoms with Crippen LogP contribution in [0.1, 0.15) is 50.3 Å². The van der Waals surface area contributed by atoms with E-state index in [0.29, 0.717) is 12.4 Å². The minimum absolute atomic E-state index is 0.628. The first-order valence-electron chi connectivity index (χ1n) is 12.3. The lowest BCUT2D eigenvalue weighted by molar-refractivity contribution is 0.613. The summed E-state index contributed by atoms with van der Waals surface area (Å²) in [6, 6.07) is 23.1. The van der Waals surface area contributed by atoms with E-state index in [9.17, 15) is 0 Å². The third kappa shape index (κ3) is 4.91. The number of aryl methyl sites for hydroxylation is 2. The Hall–Kier alpha value is -4.07. The molecule has 0 aliphatic heterocycles.